The van der Waals surface area contributed by atoms with E-state index in [9.17, 15) is 4.79 Å². The molecule has 37 heavy (non-hydrogen) atoms. The van der Waals surface area contributed by atoms with Gasteiger partial charge in [-0.2, -0.15) is 10.1 Å². The second kappa shape index (κ2) is 7.35. The molecule has 2 aliphatic heterocycles. The van der Waals surface area contributed by atoms with Crippen molar-refractivity contribution in [3.8, 4) is 11.5 Å². The van der Waals surface area contributed by atoms with Crippen molar-refractivity contribution < 1.29 is 9.47 Å². The number of nitrogens with two attached hydrogens (primary N) is 1. The Bertz CT molecular complexity index is 1610. The van der Waals surface area contributed by atoms with Gasteiger partial charge in [0.15, 0.2) is 17.1 Å². The van der Waals surface area contributed by atoms with Crippen LogP contribution >= 0.6 is 0 Å². The fraction of sp³-hybridized carbons (Fsp3) is 0.393. The zero-order valence-electron chi connectivity index (χ0n) is 20.4. The van der Waals surface area contributed by atoms with Gasteiger partial charge in [0.1, 0.15) is 5.39 Å². The fourth-order valence-corrected chi connectivity index (χ4v) is 6.87. The van der Waals surface area contributed by atoms with E-state index in [1.807, 2.05) is 18.2 Å². The van der Waals surface area contributed by atoms with Crippen molar-refractivity contribution in [3.05, 3.63) is 75.2 Å². The molecule has 4 heterocycles. The molecule has 2 aromatic carbocycles. The summed E-state index contributed by atoms with van der Waals surface area (Å²) >= 11 is 0. The molecule has 9 nitrogen and oxygen atoms in total. The minimum absolute atomic E-state index is 0.0569. The fourth-order valence-electron chi connectivity index (χ4n) is 6.87. The number of aromatic amines is 2. The summed E-state index contributed by atoms with van der Waals surface area (Å²) in [5.41, 5.74) is 11.4. The van der Waals surface area contributed by atoms with Crippen LogP contribution in [0.15, 0.2) is 47.3 Å². The largest absolute Gasteiger partial charge is 0.454 e. The van der Waals surface area contributed by atoms with Gasteiger partial charge in [-0.3, -0.25) is 14.9 Å². The minimum atomic E-state index is -0.305. The van der Waals surface area contributed by atoms with E-state index in [1.165, 1.54) is 11.1 Å². The SMILES string of the molecule is N[C@@H]1c2ccccc2CC12CCN(c1nc3[nH]nc(C4(c5ccc6c(c5)OCO6)CC4)c3c(=O)[nH]1)CC2. The summed E-state index contributed by atoms with van der Waals surface area (Å²) in [4.78, 5) is 23.5. The maximum Gasteiger partial charge on any atom is 0.263 e. The number of nitrogens with zero attached hydrogens (tertiary/aromatic N) is 3. The monoisotopic (exact) mass is 496 g/mol. The number of H-pyrrole nitrogens is 2. The van der Waals surface area contributed by atoms with Crippen molar-refractivity contribution in [2.45, 2.75) is 43.6 Å². The quantitative estimate of drug-likeness (QED) is 0.398. The second-order valence-corrected chi connectivity index (χ2v) is 11.0. The summed E-state index contributed by atoms with van der Waals surface area (Å²) in [6.45, 7) is 1.84. The first-order chi connectivity index (χ1) is 18.1. The lowest BCUT2D eigenvalue weighted by Gasteiger charge is -2.42. The zero-order chi connectivity index (χ0) is 24.8. The highest BCUT2D eigenvalue weighted by Gasteiger charge is 2.50. The third-order valence-corrected chi connectivity index (χ3v) is 9.20. The van der Waals surface area contributed by atoms with Crippen molar-refractivity contribution >= 4 is 17.0 Å². The molecular weight excluding hydrogens is 468 g/mol. The number of nitrogens with one attached hydrogen (secondary N) is 2. The summed E-state index contributed by atoms with van der Waals surface area (Å²) in [7, 11) is 0. The van der Waals surface area contributed by atoms with Crippen LogP contribution in [-0.4, -0.2) is 40.0 Å². The average Bonchev–Trinajstić information content (AvgIpc) is 3.26. The molecule has 8 rings (SSSR count). The van der Waals surface area contributed by atoms with Crippen LogP contribution in [0.1, 0.15) is 54.1 Å². The Kier molecular flexibility index (Phi) is 4.22. The molecule has 2 fully saturated rings. The highest BCUT2D eigenvalue weighted by Crippen LogP contribution is 2.55. The lowest BCUT2D eigenvalue weighted by atomic mass is 9.73. The molecule has 0 bridgehead atoms. The Morgan fingerprint density at radius 3 is 2.65 bits per heavy atom. The Balaban J connectivity index is 1.08. The number of benzene rings is 2. The maximum atomic E-state index is 13.4. The number of ether oxygens (including phenoxy) is 2. The zero-order valence-corrected chi connectivity index (χ0v) is 20.4. The van der Waals surface area contributed by atoms with Crippen molar-refractivity contribution in [1.82, 2.24) is 20.2 Å². The third kappa shape index (κ3) is 2.97. The smallest absolute Gasteiger partial charge is 0.263 e. The van der Waals surface area contributed by atoms with Crippen molar-refractivity contribution in [2.75, 3.05) is 24.8 Å². The third-order valence-electron chi connectivity index (χ3n) is 9.20. The van der Waals surface area contributed by atoms with Crippen molar-refractivity contribution in [1.29, 1.82) is 0 Å². The van der Waals surface area contributed by atoms with Gasteiger partial charge in [-0.1, -0.05) is 30.3 Å². The first-order valence-electron chi connectivity index (χ1n) is 13.0. The molecule has 188 valence electrons. The Morgan fingerprint density at radius 1 is 1.03 bits per heavy atom. The molecule has 0 amide bonds. The molecule has 2 aromatic heterocycles. The van der Waals surface area contributed by atoms with Crippen LogP contribution in [0.25, 0.3) is 11.0 Å². The molecule has 0 radical (unpaired) electrons. The van der Waals surface area contributed by atoms with E-state index < -0.39 is 0 Å². The second-order valence-electron chi connectivity index (χ2n) is 11.0. The van der Waals surface area contributed by atoms with Gasteiger partial charge in [-0.15, -0.1) is 0 Å². The first kappa shape index (κ1) is 21.3. The van der Waals surface area contributed by atoms with Gasteiger partial charge in [-0.25, -0.2) is 0 Å². The molecule has 0 unspecified atom stereocenters. The van der Waals surface area contributed by atoms with Crippen LogP contribution in [0, 0.1) is 5.41 Å². The van der Waals surface area contributed by atoms with Gasteiger partial charge in [0.05, 0.1) is 5.69 Å². The summed E-state index contributed by atoms with van der Waals surface area (Å²) < 4.78 is 11.1. The molecule has 2 aliphatic carbocycles. The van der Waals surface area contributed by atoms with Gasteiger partial charge in [-0.05, 0) is 66.3 Å². The van der Waals surface area contributed by atoms with Crippen LogP contribution in [0.5, 0.6) is 11.5 Å². The predicted molar refractivity (Wildman–Crippen MR) is 138 cm³/mol. The van der Waals surface area contributed by atoms with Crippen LogP contribution < -0.4 is 25.7 Å². The summed E-state index contributed by atoms with van der Waals surface area (Å²) in [6.07, 6.45) is 4.79. The normalized spacial score (nSPS) is 22.5. The summed E-state index contributed by atoms with van der Waals surface area (Å²) in [5.74, 6) is 2.09. The molecule has 4 aliphatic rings. The van der Waals surface area contributed by atoms with E-state index >= 15 is 0 Å². The highest BCUT2D eigenvalue weighted by molar-refractivity contribution is 5.80. The van der Waals surface area contributed by atoms with E-state index in [0.717, 1.165) is 68.0 Å². The summed E-state index contributed by atoms with van der Waals surface area (Å²) in [5, 5.41) is 8.23. The van der Waals surface area contributed by atoms with Gasteiger partial charge in [0.25, 0.3) is 5.56 Å². The number of aromatic nitrogens is 4. The van der Waals surface area contributed by atoms with Crippen LogP contribution in [0.4, 0.5) is 5.95 Å². The van der Waals surface area contributed by atoms with E-state index in [0.29, 0.717) is 17.0 Å². The maximum absolute atomic E-state index is 13.4. The van der Waals surface area contributed by atoms with E-state index in [1.54, 1.807) is 0 Å². The highest BCUT2D eigenvalue weighted by atomic mass is 16.7. The molecule has 1 saturated carbocycles. The predicted octanol–water partition coefficient (Wildman–Crippen LogP) is 3.30. The van der Waals surface area contributed by atoms with Gasteiger partial charge < -0.3 is 20.1 Å². The molecule has 4 aromatic rings. The lowest BCUT2D eigenvalue weighted by molar-refractivity contribution is 0.174. The van der Waals surface area contributed by atoms with Crippen molar-refractivity contribution in [3.63, 3.8) is 0 Å². The molecule has 4 N–H and O–H groups in total. The number of rotatable bonds is 3. The Morgan fingerprint density at radius 2 is 1.84 bits per heavy atom. The minimum Gasteiger partial charge on any atom is -0.454 e. The van der Waals surface area contributed by atoms with E-state index in [-0.39, 0.29) is 29.2 Å². The molecular formula is C28H28N6O3. The van der Waals surface area contributed by atoms with Gasteiger partial charge >= 0.3 is 0 Å². The van der Waals surface area contributed by atoms with E-state index in [2.05, 4.69) is 44.3 Å². The van der Waals surface area contributed by atoms with Crippen LogP contribution in [-0.2, 0) is 11.8 Å². The van der Waals surface area contributed by atoms with Gasteiger partial charge in [0.2, 0.25) is 12.7 Å². The number of piperidine rings is 1. The standard InChI is InChI=1S/C28H28N6O3/c29-22-18-4-2-1-3-16(18)14-27(22)9-11-34(12-10-27)26-30-24-21(25(35)31-26)23(32-33-24)28(7-8-28)17-5-6-19-20(13-17)37-15-36-19/h1-6,13,22H,7-12,14-15,29H2,(H2,30,31,32,33,35)/t22-/m1/s1. The molecule has 1 saturated heterocycles. The summed E-state index contributed by atoms with van der Waals surface area (Å²) in [6, 6.07) is 14.6. The van der Waals surface area contributed by atoms with Crippen LogP contribution in [0.3, 0.4) is 0 Å². The molecule has 1 atom stereocenters. The Labute approximate surface area is 213 Å². The molecule has 9 heteroatoms. The van der Waals surface area contributed by atoms with Crippen molar-refractivity contribution in [2.24, 2.45) is 11.1 Å². The average molecular weight is 497 g/mol. The van der Waals surface area contributed by atoms with Gasteiger partial charge in [0, 0.05) is 24.5 Å². The van der Waals surface area contributed by atoms with Crippen LogP contribution in [0.2, 0.25) is 0 Å². The lowest BCUT2D eigenvalue weighted by Crippen LogP contribution is -2.45. The number of fused-ring (bicyclic) bond motifs is 3. The Hall–Kier alpha value is -3.85. The molecule has 1 spiro atoms. The van der Waals surface area contributed by atoms with E-state index in [4.69, 9.17) is 20.2 Å². The topological polar surface area (TPSA) is 122 Å². The number of anilines is 1. The number of hydrogen-bond donors (Lipinski definition) is 3. The first-order valence-corrected chi connectivity index (χ1v) is 13.0. The number of hydrogen-bond acceptors (Lipinski definition) is 7.